The van der Waals surface area contributed by atoms with Gasteiger partial charge in [-0.2, -0.15) is 0 Å². The molecule has 0 saturated carbocycles. The van der Waals surface area contributed by atoms with Gasteiger partial charge < -0.3 is 5.32 Å². The zero-order chi connectivity index (χ0) is 14.0. The lowest BCUT2D eigenvalue weighted by Gasteiger charge is -2.13. The Labute approximate surface area is 118 Å². The van der Waals surface area contributed by atoms with Gasteiger partial charge in [0.15, 0.2) is 0 Å². The van der Waals surface area contributed by atoms with E-state index >= 15 is 0 Å². The summed E-state index contributed by atoms with van der Waals surface area (Å²) in [5, 5.41) is 3.63. The molecular formula is C12H16ClN3O2S. The Balaban J connectivity index is 2.26. The van der Waals surface area contributed by atoms with Crippen molar-refractivity contribution in [1.82, 2.24) is 5.32 Å². The van der Waals surface area contributed by atoms with Crippen LogP contribution < -0.4 is 10.0 Å². The number of rotatable bonds is 4. The smallest absolute Gasteiger partial charge is 0.229 e. The molecular weight excluding hydrogens is 286 g/mol. The van der Waals surface area contributed by atoms with Gasteiger partial charge in [0.25, 0.3) is 0 Å². The van der Waals surface area contributed by atoms with Crippen LogP contribution in [0.5, 0.6) is 0 Å². The molecule has 1 aliphatic rings. The lowest BCUT2D eigenvalue weighted by molar-refractivity contribution is 0.607. The first-order valence-electron chi connectivity index (χ1n) is 5.90. The molecule has 19 heavy (non-hydrogen) atoms. The van der Waals surface area contributed by atoms with E-state index in [4.69, 9.17) is 11.6 Å². The normalized spacial score (nSPS) is 15.0. The highest BCUT2D eigenvalue weighted by atomic mass is 35.5. The summed E-state index contributed by atoms with van der Waals surface area (Å²) in [6.07, 6.45) is 1.79. The van der Waals surface area contributed by atoms with Crippen LogP contribution in [0, 0.1) is 6.92 Å². The predicted molar refractivity (Wildman–Crippen MR) is 78.7 cm³/mol. The van der Waals surface area contributed by atoms with Gasteiger partial charge in [0, 0.05) is 13.0 Å². The molecule has 0 atom stereocenters. The van der Waals surface area contributed by atoms with E-state index in [2.05, 4.69) is 15.0 Å². The fraction of sp³-hybridized carbons (Fsp3) is 0.417. The Kier molecular flexibility index (Phi) is 4.01. The van der Waals surface area contributed by atoms with Crippen molar-refractivity contribution in [3.8, 4) is 0 Å². The minimum atomic E-state index is -3.32. The van der Waals surface area contributed by atoms with E-state index in [0.29, 0.717) is 17.1 Å². The molecule has 0 aromatic heterocycles. The third-order valence-corrected chi connectivity index (χ3v) is 3.97. The van der Waals surface area contributed by atoms with Crippen LogP contribution in [0.1, 0.15) is 11.1 Å². The Bertz CT molecular complexity index is 626. The molecule has 0 spiro atoms. The molecule has 0 bridgehead atoms. The second-order valence-corrected chi connectivity index (χ2v) is 6.64. The molecule has 1 heterocycles. The lowest BCUT2D eigenvalue weighted by Crippen LogP contribution is -2.21. The topological polar surface area (TPSA) is 70.6 Å². The van der Waals surface area contributed by atoms with Crippen molar-refractivity contribution in [1.29, 1.82) is 0 Å². The number of hydrogen-bond acceptors (Lipinski definition) is 4. The van der Waals surface area contributed by atoms with Gasteiger partial charge in [0.2, 0.25) is 10.0 Å². The number of hydrogen-bond donors (Lipinski definition) is 2. The summed E-state index contributed by atoms with van der Waals surface area (Å²) in [7, 11) is -3.32. The maximum absolute atomic E-state index is 11.2. The van der Waals surface area contributed by atoms with Crippen LogP contribution >= 0.6 is 11.6 Å². The zero-order valence-corrected chi connectivity index (χ0v) is 12.4. The van der Waals surface area contributed by atoms with E-state index in [1.165, 1.54) is 0 Å². The van der Waals surface area contributed by atoms with Crippen molar-refractivity contribution < 1.29 is 8.42 Å². The molecule has 2 rings (SSSR count). The third-order valence-electron chi connectivity index (χ3n) is 2.90. The Morgan fingerprint density at radius 3 is 2.79 bits per heavy atom. The van der Waals surface area contributed by atoms with Gasteiger partial charge in [-0.25, -0.2) is 8.42 Å². The van der Waals surface area contributed by atoms with E-state index in [9.17, 15) is 8.42 Å². The third kappa shape index (κ3) is 3.61. The predicted octanol–water partition coefficient (Wildman–Crippen LogP) is 1.56. The number of anilines is 1. The van der Waals surface area contributed by atoms with Crippen molar-refractivity contribution in [3.05, 3.63) is 28.3 Å². The van der Waals surface area contributed by atoms with Crippen molar-refractivity contribution >= 4 is 33.1 Å². The monoisotopic (exact) mass is 301 g/mol. The lowest BCUT2D eigenvalue weighted by atomic mass is 10.0. The van der Waals surface area contributed by atoms with E-state index < -0.39 is 10.0 Å². The summed E-state index contributed by atoms with van der Waals surface area (Å²) >= 11 is 6.20. The zero-order valence-electron chi connectivity index (χ0n) is 10.8. The van der Waals surface area contributed by atoms with E-state index in [1.807, 2.05) is 13.0 Å². The SMILES string of the molecule is Cc1c(CC2=NCCN2)ccc(NS(C)(=O)=O)c1Cl. The van der Waals surface area contributed by atoms with E-state index in [0.717, 1.165) is 36.3 Å². The maximum Gasteiger partial charge on any atom is 0.229 e. The van der Waals surface area contributed by atoms with E-state index in [-0.39, 0.29) is 0 Å². The second-order valence-electron chi connectivity index (χ2n) is 4.52. The molecule has 2 N–H and O–H groups in total. The molecule has 0 radical (unpaired) electrons. The number of nitrogens with zero attached hydrogens (tertiary/aromatic N) is 1. The standard InChI is InChI=1S/C12H16ClN3O2S/c1-8-9(7-11-14-5-6-15-11)3-4-10(12(8)13)16-19(2,17)18/h3-4,16H,5-7H2,1-2H3,(H,14,15). The number of aliphatic imine (C=N–C) groups is 1. The average molecular weight is 302 g/mol. The first kappa shape index (κ1) is 14.1. The number of halogens is 1. The molecule has 0 fully saturated rings. The van der Waals surface area contributed by atoms with Gasteiger partial charge in [-0.05, 0) is 24.1 Å². The molecule has 1 aromatic carbocycles. The molecule has 0 amide bonds. The van der Waals surface area contributed by atoms with E-state index in [1.54, 1.807) is 6.07 Å². The Hall–Kier alpha value is -1.27. The molecule has 0 unspecified atom stereocenters. The average Bonchev–Trinajstić information content (AvgIpc) is 2.80. The van der Waals surface area contributed by atoms with Crippen molar-refractivity contribution in [2.24, 2.45) is 4.99 Å². The minimum Gasteiger partial charge on any atom is -0.372 e. The van der Waals surface area contributed by atoms with Gasteiger partial charge in [0.1, 0.15) is 5.84 Å². The molecule has 0 saturated heterocycles. The van der Waals surface area contributed by atoms with Gasteiger partial charge in [0.05, 0.1) is 23.5 Å². The quantitative estimate of drug-likeness (QED) is 0.887. The Morgan fingerprint density at radius 1 is 1.47 bits per heavy atom. The molecule has 0 aliphatic carbocycles. The van der Waals surface area contributed by atoms with Crippen LogP contribution in [0.3, 0.4) is 0 Å². The first-order valence-corrected chi connectivity index (χ1v) is 8.17. The van der Waals surface area contributed by atoms with Crippen molar-refractivity contribution in [2.45, 2.75) is 13.3 Å². The molecule has 7 heteroatoms. The molecule has 104 valence electrons. The van der Waals surface area contributed by atoms with Crippen molar-refractivity contribution in [3.63, 3.8) is 0 Å². The van der Waals surface area contributed by atoms with Crippen LogP contribution in [0.25, 0.3) is 0 Å². The van der Waals surface area contributed by atoms with Crippen molar-refractivity contribution in [2.75, 3.05) is 24.1 Å². The fourth-order valence-electron chi connectivity index (χ4n) is 1.94. The Morgan fingerprint density at radius 2 is 2.21 bits per heavy atom. The summed E-state index contributed by atoms with van der Waals surface area (Å²) in [4.78, 5) is 4.33. The van der Waals surface area contributed by atoms with Crippen LogP contribution in [-0.4, -0.2) is 33.6 Å². The van der Waals surface area contributed by atoms with Gasteiger partial charge in [-0.15, -0.1) is 0 Å². The highest BCUT2D eigenvalue weighted by molar-refractivity contribution is 7.92. The summed E-state index contributed by atoms with van der Waals surface area (Å²) in [5.41, 5.74) is 2.32. The van der Waals surface area contributed by atoms with Crippen LogP contribution in [0.15, 0.2) is 17.1 Å². The van der Waals surface area contributed by atoms with Crippen LogP contribution in [0.4, 0.5) is 5.69 Å². The largest absolute Gasteiger partial charge is 0.372 e. The number of amidine groups is 1. The van der Waals surface area contributed by atoms with Gasteiger partial charge in [-0.1, -0.05) is 17.7 Å². The minimum absolute atomic E-state index is 0.409. The van der Waals surface area contributed by atoms with Gasteiger partial charge in [-0.3, -0.25) is 9.71 Å². The number of benzene rings is 1. The highest BCUT2D eigenvalue weighted by Crippen LogP contribution is 2.29. The summed E-state index contributed by atoms with van der Waals surface area (Å²) in [6.45, 7) is 3.55. The molecule has 1 aromatic rings. The summed E-state index contributed by atoms with van der Waals surface area (Å²) in [6, 6.07) is 3.55. The maximum atomic E-state index is 11.2. The fourth-order valence-corrected chi connectivity index (χ4v) is 2.80. The first-order chi connectivity index (χ1) is 8.87. The van der Waals surface area contributed by atoms with Gasteiger partial charge >= 0.3 is 0 Å². The van der Waals surface area contributed by atoms with Crippen LogP contribution in [0.2, 0.25) is 5.02 Å². The van der Waals surface area contributed by atoms with Crippen LogP contribution in [-0.2, 0) is 16.4 Å². The summed E-state index contributed by atoms with van der Waals surface area (Å²) in [5.74, 6) is 0.947. The number of sulfonamides is 1. The second kappa shape index (κ2) is 5.38. The summed E-state index contributed by atoms with van der Waals surface area (Å²) < 4.78 is 24.9. The highest BCUT2D eigenvalue weighted by Gasteiger charge is 2.13. The number of nitrogens with one attached hydrogen (secondary N) is 2. The molecule has 5 nitrogen and oxygen atoms in total. The molecule has 1 aliphatic heterocycles.